The maximum absolute atomic E-state index is 12.8. The zero-order valence-electron chi connectivity index (χ0n) is 16.6. The Labute approximate surface area is 179 Å². The molecule has 0 bridgehead atoms. The van der Waals surface area contributed by atoms with Crippen molar-refractivity contribution in [2.24, 2.45) is 10.8 Å². The van der Waals surface area contributed by atoms with E-state index in [0.717, 1.165) is 11.6 Å². The van der Waals surface area contributed by atoms with E-state index in [2.05, 4.69) is 66.9 Å². The monoisotopic (exact) mass is 523 g/mol. The number of hydrogen-bond donors (Lipinski definition) is 0. The number of aromatic nitrogens is 1. The molecule has 5 nitrogen and oxygen atoms in total. The molecule has 2 aromatic rings. The van der Waals surface area contributed by atoms with Crippen molar-refractivity contribution in [1.82, 2.24) is 5.16 Å². The van der Waals surface area contributed by atoms with Gasteiger partial charge in [-0.05, 0) is 28.7 Å². The SMILES string of the molecule is CC(C)(C)C12OOC1(c1ccc(-c3cc(C(F)(F)F)on3)c(I)c1)OCC2(C)C. The molecule has 2 fully saturated rings. The molecule has 2 aliphatic rings. The Hall–Kier alpha value is -1.17. The van der Waals surface area contributed by atoms with Crippen molar-refractivity contribution in [2.75, 3.05) is 6.61 Å². The third kappa shape index (κ3) is 2.73. The Morgan fingerprint density at radius 2 is 1.76 bits per heavy atom. The summed E-state index contributed by atoms with van der Waals surface area (Å²) in [5, 5.41) is 3.58. The molecule has 0 radical (unpaired) electrons. The van der Waals surface area contributed by atoms with Crippen LogP contribution in [0.3, 0.4) is 0 Å². The van der Waals surface area contributed by atoms with Crippen LogP contribution < -0.4 is 0 Å². The molecule has 0 amide bonds. The summed E-state index contributed by atoms with van der Waals surface area (Å²) >= 11 is 2.06. The van der Waals surface area contributed by atoms with Gasteiger partial charge in [0.15, 0.2) is 5.60 Å². The summed E-state index contributed by atoms with van der Waals surface area (Å²) in [5.74, 6) is -2.22. The molecule has 0 spiro atoms. The number of rotatable bonds is 2. The normalized spacial score (nSPS) is 28.9. The predicted octanol–water partition coefficient (Wildman–Crippen LogP) is 5.92. The summed E-state index contributed by atoms with van der Waals surface area (Å²) in [6, 6.07) is 6.22. The van der Waals surface area contributed by atoms with Crippen LogP contribution in [0.15, 0.2) is 28.8 Å². The number of fused-ring (bicyclic) bond motifs is 1. The third-order valence-corrected chi connectivity index (χ3v) is 6.70. The largest absolute Gasteiger partial charge is 0.452 e. The summed E-state index contributed by atoms with van der Waals surface area (Å²) < 4.78 is 49.8. The van der Waals surface area contributed by atoms with E-state index in [-0.39, 0.29) is 16.5 Å². The molecule has 1 aromatic heterocycles. The lowest BCUT2D eigenvalue weighted by atomic mass is 9.57. The fourth-order valence-electron chi connectivity index (χ4n) is 4.70. The summed E-state index contributed by atoms with van der Waals surface area (Å²) in [7, 11) is 0. The molecule has 0 N–H and O–H groups in total. The first kappa shape index (κ1) is 21.1. The zero-order valence-corrected chi connectivity index (χ0v) is 18.8. The molecule has 1 aromatic carbocycles. The van der Waals surface area contributed by atoms with Crippen molar-refractivity contribution in [3.05, 3.63) is 39.2 Å². The van der Waals surface area contributed by atoms with E-state index in [0.29, 0.717) is 15.7 Å². The molecule has 0 saturated carbocycles. The van der Waals surface area contributed by atoms with E-state index in [4.69, 9.17) is 14.5 Å². The quantitative estimate of drug-likeness (QED) is 0.362. The lowest BCUT2D eigenvalue weighted by Gasteiger charge is -2.61. The highest BCUT2D eigenvalue weighted by atomic mass is 127. The minimum absolute atomic E-state index is 0.117. The first-order chi connectivity index (χ1) is 13.3. The lowest BCUT2D eigenvalue weighted by molar-refractivity contribution is -0.626. The molecule has 29 heavy (non-hydrogen) atoms. The molecule has 2 atom stereocenters. The Balaban J connectivity index is 1.77. The smallest absolute Gasteiger partial charge is 0.351 e. The Kier molecular flexibility index (Phi) is 4.49. The maximum atomic E-state index is 12.8. The number of ether oxygens (including phenoxy) is 1. The topological polar surface area (TPSA) is 53.7 Å². The van der Waals surface area contributed by atoms with Crippen molar-refractivity contribution in [3.8, 4) is 11.3 Å². The minimum Gasteiger partial charge on any atom is -0.351 e. The highest BCUT2D eigenvalue weighted by molar-refractivity contribution is 14.1. The molecular formula is C20H21F3INO4. The number of alkyl halides is 3. The summed E-state index contributed by atoms with van der Waals surface area (Å²) in [4.78, 5) is 11.4. The van der Waals surface area contributed by atoms with E-state index < -0.39 is 23.3 Å². The van der Waals surface area contributed by atoms with Crippen LogP contribution in [0.25, 0.3) is 11.3 Å². The molecule has 158 valence electrons. The van der Waals surface area contributed by atoms with Crippen LogP contribution in [0.1, 0.15) is 45.9 Å². The lowest BCUT2D eigenvalue weighted by Crippen LogP contribution is -2.73. The van der Waals surface area contributed by atoms with Crippen molar-refractivity contribution >= 4 is 22.6 Å². The van der Waals surface area contributed by atoms with Crippen LogP contribution in [-0.2, 0) is 26.5 Å². The van der Waals surface area contributed by atoms with Crippen LogP contribution in [0.5, 0.6) is 0 Å². The van der Waals surface area contributed by atoms with Crippen LogP contribution >= 0.6 is 22.6 Å². The second-order valence-corrected chi connectivity index (χ2v) is 10.3. The molecule has 3 heterocycles. The fraction of sp³-hybridized carbons (Fsp3) is 0.550. The van der Waals surface area contributed by atoms with Gasteiger partial charge in [0, 0.05) is 31.6 Å². The Morgan fingerprint density at radius 3 is 2.24 bits per heavy atom. The van der Waals surface area contributed by atoms with Gasteiger partial charge in [-0.2, -0.15) is 18.1 Å². The van der Waals surface area contributed by atoms with Gasteiger partial charge < -0.3 is 9.26 Å². The number of benzene rings is 1. The molecule has 0 aliphatic carbocycles. The number of halogens is 4. The first-order valence-corrected chi connectivity index (χ1v) is 10.2. The predicted molar refractivity (Wildman–Crippen MR) is 105 cm³/mol. The summed E-state index contributed by atoms with van der Waals surface area (Å²) in [6.45, 7) is 10.8. The molecule has 9 heteroatoms. The Morgan fingerprint density at radius 1 is 1.07 bits per heavy atom. The summed E-state index contributed by atoms with van der Waals surface area (Å²) in [5.41, 5.74) is 0.0476. The van der Waals surface area contributed by atoms with E-state index in [1.165, 1.54) is 0 Å². The van der Waals surface area contributed by atoms with Gasteiger partial charge in [0.05, 0.1) is 6.61 Å². The van der Waals surface area contributed by atoms with Gasteiger partial charge in [0.25, 0.3) is 5.79 Å². The second kappa shape index (κ2) is 6.18. The Bertz CT molecular complexity index is 965. The van der Waals surface area contributed by atoms with Crippen LogP contribution in [0, 0.1) is 14.4 Å². The average molecular weight is 523 g/mol. The first-order valence-electron chi connectivity index (χ1n) is 9.10. The second-order valence-electron chi connectivity index (χ2n) is 9.16. The molecular weight excluding hydrogens is 502 g/mol. The van der Waals surface area contributed by atoms with Crippen molar-refractivity contribution in [2.45, 2.75) is 52.2 Å². The third-order valence-electron chi connectivity index (χ3n) is 5.81. The minimum atomic E-state index is -4.58. The van der Waals surface area contributed by atoms with Gasteiger partial charge in [-0.1, -0.05) is 51.9 Å². The van der Waals surface area contributed by atoms with Gasteiger partial charge in [-0.3, -0.25) is 0 Å². The summed E-state index contributed by atoms with van der Waals surface area (Å²) in [6.07, 6.45) is -4.58. The van der Waals surface area contributed by atoms with Crippen molar-refractivity contribution in [1.29, 1.82) is 0 Å². The van der Waals surface area contributed by atoms with Gasteiger partial charge in [0.2, 0.25) is 5.76 Å². The average Bonchev–Trinajstić information content (AvgIpc) is 3.07. The number of hydrogen-bond acceptors (Lipinski definition) is 5. The van der Waals surface area contributed by atoms with E-state index >= 15 is 0 Å². The van der Waals surface area contributed by atoms with Crippen LogP contribution in [-0.4, -0.2) is 17.4 Å². The zero-order chi connectivity index (χ0) is 21.5. The van der Waals surface area contributed by atoms with Crippen LogP contribution in [0.2, 0.25) is 0 Å². The van der Waals surface area contributed by atoms with Crippen molar-refractivity contribution < 1.29 is 32.2 Å². The van der Waals surface area contributed by atoms with Gasteiger partial charge in [-0.15, -0.1) is 0 Å². The highest BCUT2D eigenvalue weighted by Crippen LogP contribution is 2.69. The van der Waals surface area contributed by atoms with E-state index in [9.17, 15) is 13.2 Å². The van der Waals surface area contributed by atoms with Crippen LogP contribution in [0.4, 0.5) is 13.2 Å². The maximum Gasteiger partial charge on any atom is 0.452 e. The highest BCUT2D eigenvalue weighted by Gasteiger charge is 2.81. The van der Waals surface area contributed by atoms with Gasteiger partial charge in [-0.25, -0.2) is 4.89 Å². The van der Waals surface area contributed by atoms with Crippen molar-refractivity contribution in [3.63, 3.8) is 0 Å². The molecule has 2 unspecified atom stereocenters. The number of nitrogens with zero attached hydrogens (tertiary/aromatic N) is 1. The molecule has 2 saturated heterocycles. The van der Waals surface area contributed by atoms with Gasteiger partial charge in [0.1, 0.15) is 5.69 Å². The fourth-order valence-corrected chi connectivity index (χ4v) is 5.49. The van der Waals surface area contributed by atoms with E-state index in [1.807, 2.05) is 6.07 Å². The van der Waals surface area contributed by atoms with E-state index in [1.54, 1.807) is 12.1 Å². The molecule has 4 rings (SSSR count). The standard InChI is InChI=1S/C20H21F3INO4/c1-16(2,3)20-17(4,5)10-26-18(20,28-29-20)11-6-7-12(13(24)8-11)14-9-15(27-25-14)19(21,22)23/h6-9H,10H2,1-5H3. The van der Waals surface area contributed by atoms with Gasteiger partial charge >= 0.3 is 6.18 Å². The molecule has 2 aliphatic heterocycles.